The predicted octanol–water partition coefficient (Wildman–Crippen LogP) is 4.16. The van der Waals surface area contributed by atoms with Gasteiger partial charge in [0.15, 0.2) is 0 Å². The summed E-state index contributed by atoms with van der Waals surface area (Å²) in [7, 11) is 0. The van der Waals surface area contributed by atoms with Crippen molar-refractivity contribution < 1.29 is 22.8 Å². The van der Waals surface area contributed by atoms with E-state index in [1.165, 1.54) is 19.3 Å². The molecule has 2 aromatic rings. The van der Waals surface area contributed by atoms with Crippen LogP contribution in [-0.4, -0.2) is 67.1 Å². The summed E-state index contributed by atoms with van der Waals surface area (Å²) in [6.45, 7) is 8.82. The van der Waals surface area contributed by atoms with Gasteiger partial charge in [-0.3, -0.25) is 0 Å². The number of alkyl halides is 3. The van der Waals surface area contributed by atoms with Crippen molar-refractivity contribution in [2.75, 3.05) is 11.9 Å². The molecule has 0 spiro atoms. The molecule has 7 nitrogen and oxygen atoms in total. The molecule has 1 aliphatic heterocycles. The van der Waals surface area contributed by atoms with E-state index in [2.05, 4.69) is 41.4 Å². The number of nitrogens with one attached hydrogen (secondary N) is 2. The standard InChI is InChI=1S/C25H33AsF3N5O2/c1-14(35)32-20-12-16(26-24(2,3)4)6-8-21(20)34-10-9-19(23(34)36)33-22-17-11-15(25(27,28)29)5-7-18(17)30-13-31-22/h5,7,11,13,16,19-21,26H,6,8-10,12H2,1-4H3,(H,32,35)(H,30,31,33)/t16-,19?,20-,21+/m1/s1. The number of carbonyl (C=O) groups excluding carboxylic acids is 2. The summed E-state index contributed by atoms with van der Waals surface area (Å²) < 4.78 is 40.7. The number of halogens is 3. The molecule has 11 heteroatoms. The molecule has 2 unspecified atom stereocenters. The number of hydrogen-bond acceptors (Lipinski definition) is 5. The number of anilines is 1. The van der Waals surface area contributed by atoms with Crippen LogP contribution in [0.15, 0.2) is 24.5 Å². The molecule has 1 saturated carbocycles. The molecule has 36 heavy (non-hydrogen) atoms. The molecular formula is C25H33AsF3N5O2. The van der Waals surface area contributed by atoms with Crippen LogP contribution in [0.1, 0.15) is 58.9 Å². The number of amides is 2. The van der Waals surface area contributed by atoms with Gasteiger partial charge in [-0.05, 0) is 6.07 Å². The fourth-order valence-corrected chi connectivity index (χ4v) is 9.37. The molecule has 0 radical (unpaired) electrons. The summed E-state index contributed by atoms with van der Waals surface area (Å²) in [5.74, 6) is -0.000896. The van der Waals surface area contributed by atoms with Gasteiger partial charge in [0.1, 0.15) is 0 Å². The predicted molar refractivity (Wildman–Crippen MR) is 134 cm³/mol. The van der Waals surface area contributed by atoms with Crippen LogP contribution in [-0.2, 0) is 15.8 Å². The zero-order valence-electron chi connectivity index (χ0n) is 20.9. The average molecular weight is 567 g/mol. The number of carbonyl (C=O) groups is 2. The van der Waals surface area contributed by atoms with Gasteiger partial charge in [-0.2, -0.15) is 13.2 Å². The van der Waals surface area contributed by atoms with Gasteiger partial charge >= 0.3 is 197 Å². The van der Waals surface area contributed by atoms with E-state index in [-0.39, 0.29) is 50.9 Å². The number of aromatic nitrogens is 2. The second-order valence-electron chi connectivity index (χ2n) is 10.7. The van der Waals surface area contributed by atoms with E-state index in [0.29, 0.717) is 27.4 Å². The minimum atomic E-state index is -4.49. The van der Waals surface area contributed by atoms with Gasteiger partial charge in [0.05, 0.1) is 0 Å². The van der Waals surface area contributed by atoms with Crippen molar-refractivity contribution in [1.82, 2.24) is 20.2 Å². The third-order valence-electron chi connectivity index (χ3n) is 6.75. The van der Waals surface area contributed by atoms with Crippen LogP contribution in [0.4, 0.5) is 19.0 Å². The summed E-state index contributed by atoms with van der Waals surface area (Å²) in [5.41, 5.74) is -0.421. The van der Waals surface area contributed by atoms with Gasteiger partial charge in [-0.25, -0.2) is 0 Å². The summed E-state index contributed by atoms with van der Waals surface area (Å²) >= 11 is -0.223. The van der Waals surface area contributed by atoms with E-state index in [9.17, 15) is 22.8 Å². The summed E-state index contributed by atoms with van der Waals surface area (Å²) in [4.78, 5) is 35.5. The van der Waals surface area contributed by atoms with E-state index in [1.807, 2.05) is 4.90 Å². The zero-order chi connectivity index (χ0) is 26.3. The van der Waals surface area contributed by atoms with Gasteiger partial charge in [0.25, 0.3) is 0 Å². The Morgan fingerprint density at radius 1 is 1.14 bits per heavy atom. The molecule has 196 valence electrons. The van der Waals surface area contributed by atoms with Gasteiger partial charge in [0, 0.05) is 0 Å². The summed E-state index contributed by atoms with van der Waals surface area (Å²) in [6, 6.07) is 2.53. The first-order valence-electron chi connectivity index (χ1n) is 12.3. The second kappa shape index (κ2) is 10.2. The SMILES string of the molecule is CC(=O)N[C@@H]1C[C@H]([AsH]C(C)(C)C)CC[C@@H]1N1CCC(Nc2ncnc3ccc(C(F)(F)F)cc23)C1=O. The van der Waals surface area contributed by atoms with Crippen molar-refractivity contribution in [2.24, 2.45) is 0 Å². The fourth-order valence-electron chi connectivity index (χ4n) is 5.37. The molecule has 2 fully saturated rings. The second-order valence-corrected chi connectivity index (χ2v) is 16.2. The van der Waals surface area contributed by atoms with Gasteiger partial charge in [-0.15, -0.1) is 0 Å². The summed E-state index contributed by atoms with van der Waals surface area (Å²) in [6.07, 6.45) is 0.0398. The molecular weight excluding hydrogens is 534 g/mol. The molecule has 1 aromatic heterocycles. The third kappa shape index (κ3) is 6.13. The number of fused-ring (bicyclic) bond motifs is 1. The third-order valence-corrected chi connectivity index (χ3v) is 10.5. The molecule has 5 atom stereocenters. The number of benzene rings is 1. The Kier molecular flexibility index (Phi) is 7.56. The molecule has 1 aromatic carbocycles. The summed E-state index contributed by atoms with van der Waals surface area (Å²) in [5, 5.41) is 6.40. The Labute approximate surface area is 215 Å². The first kappa shape index (κ1) is 26.7. The normalized spacial score (nSPS) is 25.6. The van der Waals surface area contributed by atoms with Gasteiger partial charge in [-0.1, -0.05) is 0 Å². The number of rotatable bonds is 5. The Hall–Kier alpha value is -2.35. The first-order chi connectivity index (χ1) is 16.8. The molecule has 2 amide bonds. The molecule has 2 heterocycles. The fraction of sp³-hybridized carbons (Fsp3) is 0.600. The van der Waals surface area contributed by atoms with Crippen molar-refractivity contribution in [3.63, 3.8) is 0 Å². The van der Waals surface area contributed by atoms with Crippen molar-refractivity contribution in [3.8, 4) is 0 Å². The first-order valence-corrected chi connectivity index (χ1v) is 14.5. The average Bonchev–Trinajstić information content (AvgIpc) is 3.11. The van der Waals surface area contributed by atoms with Crippen LogP contribution < -0.4 is 10.6 Å². The molecule has 0 bridgehead atoms. The number of hydrogen-bond donors (Lipinski definition) is 2. The molecule has 1 saturated heterocycles. The maximum atomic E-state index is 13.4. The van der Waals surface area contributed by atoms with Crippen LogP contribution in [0.5, 0.6) is 0 Å². The maximum absolute atomic E-state index is 13.4. The van der Waals surface area contributed by atoms with E-state index < -0.39 is 17.8 Å². The van der Waals surface area contributed by atoms with Gasteiger partial charge < -0.3 is 0 Å². The Bertz CT molecular complexity index is 1140. The minimum absolute atomic E-state index is 0.0880. The van der Waals surface area contributed by atoms with Crippen LogP contribution in [0, 0.1) is 0 Å². The van der Waals surface area contributed by atoms with Gasteiger partial charge in [0.2, 0.25) is 0 Å². The molecule has 2 aliphatic rings. The quantitative estimate of drug-likeness (QED) is 0.530. The van der Waals surface area contributed by atoms with Crippen LogP contribution >= 0.6 is 0 Å². The molecule has 1 aliphatic carbocycles. The van der Waals surface area contributed by atoms with Crippen molar-refractivity contribution in [3.05, 3.63) is 30.1 Å². The number of likely N-dealkylation sites (tertiary alicyclic amines) is 1. The zero-order valence-corrected chi connectivity index (χ0v) is 23.0. The monoisotopic (exact) mass is 567 g/mol. The van der Waals surface area contributed by atoms with Crippen LogP contribution in [0.25, 0.3) is 10.9 Å². The van der Waals surface area contributed by atoms with E-state index in [1.54, 1.807) is 0 Å². The van der Waals surface area contributed by atoms with Crippen molar-refractivity contribution in [2.45, 2.75) is 86.6 Å². The van der Waals surface area contributed by atoms with Crippen molar-refractivity contribution in [1.29, 1.82) is 0 Å². The topological polar surface area (TPSA) is 87.2 Å². The van der Waals surface area contributed by atoms with Crippen molar-refractivity contribution >= 4 is 44.3 Å². The Morgan fingerprint density at radius 2 is 1.89 bits per heavy atom. The number of nitrogens with zero attached hydrogens (tertiary/aromatic N) is 3. The Balaban J connectivity index is 1.51. The molecule has 4 rings (SSSR count). The molecule has 2 N–H and O–H groups in total. The Morgan fingerprint density at radius 3 is 2.56 bits per heavy atom. The van der Waals surface area contributed by atoms with E-state index in [4.69, 9.17) is 0 Å². The van der Waals surface area contributed by atoms with E-state index in [0.717, 1.165) is 31.4 Å². The van der Waals surface area contributed by atoms with E-state index >= 15 is 0 Å². The van der Waals surface area contributed by atoms with Crippen LogP contribution in [0.2, 0.25) is 8.91 Å². The van der Waals surface area contributed by atoms with Crippen LogP contribution in [0.3, 0.4) is 0 Å².